The second kappa shape index (κ2) is 7.76. The van der Waals surface area contributed by atoms with Gasteiger partial charge in [0.2, 0.25) is 0 Å². The summed E-state index contributed by atoms with van der Waals surface area (Å²) >= 11 is 6.62. The first-order chi connectivity index (χ1) is 12.5. The van der Waals surface area contributed by atoms with E-state index < -0.39 is 4.92 Å². The minimum absolute atomic E-state index is 0.0370. The van der Waals surface area contributed by atoms with Crippen LogP contribution in [0.4, 0.5) is 11.4 Å². The van der Waals surface area contributed by atoms with Crippen LogP contribution in [0.5, 0.6) is 0 Å². The van der Waals surface area contributed by atoms with Crippen LogP contribution in [-0.2, 0) is 0 Å². The summed E-state index contributed by atoms with van der Waals surface area (Å²) in [5.74, 6) is 0. The van der Waals surface area contributed by atoms with Crippen molar-refractivity contribution in [1.82, 2.24) is 9.97 Å². The molecule has 2 aromatic heterocycles. The number of hydrogen-bond donors (Lipinski definition) is 1. The van der Waals surface area contributed by atoms with Gasteiger partial charge >= 0.3 is 0 Å². The second-order valence-corrected chi connectivity index (χ2v) is 7.16. The average Bonchev–Trinajstić information content (AvgIpc) is 2.61. The standard InChI is InChI=1S/C9H5BrN2O2.C9H7BrN2/c10-7-4-6-2-1-3-8(12(13)14)9(6)11-5-7;10-7-4-6-2-1-3-8(11)9(6)12-5-7/h1-5H;1-5H,11H2. The molecule has 2 aromatic carbocycles. The molecule has 4 rings (SSSR count). The van der Waals surface area contributed by atoms with E-state index in [1.54, 1.807) is 30.6 Å². The van der Waals surface area contributed by atoms with E-state index in [0.717, 1.165) is 30.9 Å². The van der Waals surface area contributed by atoms with E-state index in [1.165, 1.54) is 6.07 Å². The van der Waals surface area contributed by atoms with Gasteiger partial charge in [0.05, 0.1) is 16.1 Å². The number of benzene rings is 2. The molecule has 0 bridgehead atoms. The van der Waals surface area contributed by atoms with Crippen molar-refractivity contribution >= 4 is 65.0 Å². The quantitative estimate of drug-likeness (QED) is 0.223. The minimum Gasteiger partial charge on any atom is -0.397 e. The van der Waals surface area contributed by atoms with E-state index >= 15 is 0 Å². The SMILES string of the molecule is Nc1cccc2cc(Br)cnc12.O=[N+]([O-])c1cccc2cc(Br)cnc12. The summed E-state index contributed by atoms with van der Waals surface area (Å²) < 4.78 is 1.78. The number of pyridine rings is 2. The average molecular weight is 476 g/mol. The van der Waals surface area contributed by atoms with Crippen LogP contribution in [0.1, 0.15) is 0 Å². The Hall–Kier alpha value is -2.58. The fraction of sp³-hybridized carbons (Fsp3) is 0. The Kier molecular flexibility index (Phi) is 5.43. The summed E-state index contributed by atoms with van der Waals surface area (Å²) in [6, 6.07) is 14.4. The number of aromatic nitrogens is 2. The highest BCUT2D eigenvalue weighted by Gasteiger charge is 2.11. The largest absolute Gasteiger partial charge is 0.397 e. The molecule has 26 heavy (non-hydrogen) atoms. The van der Waals surface area contributed by atoms with Crippen LogP contribution in [-0.4, -0.2) is 14.9 Å². The van der Waals surface area contributed by atoms with E-state index in [9.17, 15) is 10.1 Å². The van der Waals surface area contributed by atoms with Crippen molar-refractivity contribution in [2.24, 2.45) is 0 Å². The Morgan fingerprint density at radius 3 is 2.04 bits per heavy atom. The summed E-state index contributed by atoms with van der Waals surface area (Å²) in [5.41, 5.74) is 7.77. The van der Waals surface area contributed by atoms with Crippen LogP contribution in [0.15, 0.2) is 69.9 Å². The van der Waals surface area contributed by atoms with Gasteiger partial charge in [-0.1, -0.05) is 24.3 Å². The van der Waals surface area contributed by atoms with Gasteiger partial charge in [-0.3, -0.25) is 15.1 Å². The molecule has 0 aliphatic carbocycles. The van der Waals surface area contributed by atoms with E-state index in [-0.39, 0.29) is 5.69 Å². The number of hydrogen-bond acceptors (Lipinski definition) is 5. The van der Waals surface area contributed by atoms with Gasteiger partial charge in [0, 0.05) is 38.2 Å². The molecule has 0 unspecified atom stereocenters. The van der Waals surface area contributed by atoms with Gasteiger partial charge in [-0.25, -0.2) is 4.98 Å². The highest BCUT2D eigenvalue weighted by Crippen LogP contribution is 2.25. The fourth-order valence-corrected chi connectivity index (χ4v) is 3.12. The predicted molar refractivity (Wildman–Crippen MR) is 110 cm³/mol. The number of fused-ring (bicyclic) bond motifs is 2. The number of nitro benzene ring substituents is 1. The second-order valence-electron chi connectivity index (χ2n) is 5.33. The number of nitro groups is 1. The Morgan fingerprint density at radius 1 is 0.885 bits per heavy atom. The summed E-state index contributed by atoms with van der Waals surface area (Å²) in [6.45, 7) is 0. The zero-order valence-corrected chi connectivity index (χ0v) is 16.4. The number of halogens is 2. The number of rotatable bonds is 1. The smallest absolute Gasteiger partial charge is 0.295 e. The molecule has 0 aliphatic rings. The van der Waals surface area contributed by atoms with E-state index in [0.29, 0.717) is 5.52 Å². The molecule has 0 radical (unpaired) electrons. The van der Waals surface area contributed by atoms with Crippen LogP contribution in [0.2, 0.25) is 0 Å². The first kappa shape index (κ1) is 18.2. The monoisotopic (exact) mass is 474 g/mol. The molecular weight excluding hydrogens is 464 g/mol. The first-order valence-corrected chi connectivity index (χ1v) is 9.03. The summed E-state index contributed by atoms with van der Waals surface area (Å²) in [5, 5.41) is 12.5. The third kappa shape index (κ3) is 3.97. The van der Waals surface area contributed by atoms with Gasteiger partial charge in [-0.05, 0) is 50.1 Å². The highest BCUT2D eigenvalue weighted by atomic mass is 79.9. The van der Waals surface area contributed by atoms with Crippen molar-refractivity contribution in [3.63, 3.8) is 0 Å². The third-order valence-electron chi connectivity index (χ3n) is 3.56. The summed E-state index contributed by atoms with van der Waals surface area (Å²) in [4.78, 5) is 18.4. The number of nitrogen functional groups attached to an aromatic ring is 1. The first-order valence-electron chi connectivity index (χ1n) is 7.44. The summed E-state index contributed by atoms with van der Waals surface area (Å²) in [6.07, 6.45) is 3.30. The molecule has 4 aromatic rings. The molecule has 2 heterocycles. The lowest BCUT2D eigenvalue weighted by molar-refractivity contribution is -0.383. The number of nitrogens with two attached hydrogens (primary N) is 1. The van der Waals surface area contributed by atoms with E-state index in [2.05, 4.69) is 41.8 Å². The van der Waals surface area contributed by atoms with E-state index in [1.807, 2.05) is 24.3 Å². The van der Waals surface area contributed by atoms with Crippen molar-refractivity contribution in [1.29, 1.82) is 0 Å². The van der Waals surface area contributed by atoms with Crippen molar-refractivity contribution in [2.75, 3.05) is 5.73 Å². The summed E-state index contributed by atoms with van der Waals surface area (Å²) in [7, 11) is 0. The molecule has 6 nitrogen and oxygen atoms in total. The van der Waals surface area contributed by atoms with Gasteiger partial charge in [0.1, 0.15) is 5.52 Å². The Balaban J connectivity index is 0.000000152. The van der Waals surface area contributed by atoms with Crippen LogP contribution < -0.4 is 5.73 Å². The third-order valence-corrected chi connectivity index (χ3v) is 4.43. The molecular formula is C18H12Br2N4O2. The van der Waals surface area contributed by atoms with Crippen molar-refractivity contribution < 1.29 is 4.92 Å². The van der Waals surface area contributed by atoms with Crippen molar-refractivity contribution in [3.05, 3.63) is 80.0 Å². The lowest BCUT2D eigenvalue weighted by atomic mass is 10.2. The topological polar surface area (TPSA) is 94.9 Å². The number of anilines is 1. The van der Waals surface area contributed by atoms with Gasteiger partial charge in [0.15, 0.2) is 0 Å². The number of nitrogens with zero attached hydrogens (tertiary/aromatic N) is 3. The molecule has 8 heteroatoms. The Morgan fingerprint density at radius 2 is 1.42 bits per heavy atom. The molecule has 0 atom stereocenters. The molecule has 130 valence electrons. The zero-order chi connectivity index (χ0) is 18.7. The van der Waals surface area contributed by atoms with Gasteiger partial charge in [-0.2, -0.15) is 0 Å². The van der Waals surface area contributed by atoms with Crippen LogP contribution in [0.25, 0.3) is 21.8 Å². The van der Waals surface area contributed by atoms with Gasteiger partial charge in [-0.15, -0.1) is 0 Å². The molecule has 0 fully saturated rings. The maximum Gasteiger partial charge on any atom is 0.295 e. The highest BCUT2D eigenvalue weighted by molar-refractivity contribution is 9.10. The fourth-order valence-electron chi connectivity index (χ4n) is 2.42. The number of para-hydroxylation sites is 2. The molecule has 0 saturated carbocycles. The van der Waals surface area contributed by atoms with E-state index in [4.69, 9.17) is 5.73 Å². The lowest BCUT2D eigenvalue weighted by Gasteiger charge is -1.99. The number of non-ortho nitro benzene ring substituents is 1. The van der Waals surface area contributed by atoms with Gasteiger partial charge in [0.25, 0.3) is 5.69 Å². The molecule has 0 aliphatic heterocycles. The molecule has 0 saturated heterocycles. The minimum atomic E-state index is -0.427. The zero-order valence-electron chi connectivity index (χ0n) is 13.3. The molecule has 0 spiro atoms. The van der Waals surface area contributed by atoms with Crippen LogP contribution in [0.3, 0.4) is 0 Å². The van der Waals surface area contributed by atoms with Crippen LogP contribution in [0, 0.1) is 10.1 Å². The molecule has 2 N–H and O–H groups in total. The lowest BCUT2D eigenvalue weighted by Crippen LogP contribution is -1.90. The molecule has 0 amide bonds. The Bertz CT molecular complexity index is 1120. The van der Waals surface area contributed by atoms with Crippen LogP contribution >= 0.6 is 31.9 Å². The van der Waals surface area contributed by atoms with Gasteiger partial charge < -0.3 is 5.73 Å². The predicted octanol–water partition coefficient (Wildman–Crippen LogP) is 5.49. The van der Waals surface area contributed by atoms with Crippen molar-refractivity contribution in [2.45, 2.75) is 0 Å². The maximum absolute atomic E-state index is 10.7. The maximum atomic E-state index is 10.7. The Labute approximate surface area is 165 Å². The van der Waals surface area contributed by atoms with Crippen molar-refractivity contribution in [3.8, 4) is 0 Å². The normalized spacial score (nSPS) is 10.4.